The average Bonchev–Trinajstić information content (AvgIpc) is 3.07. The Morgan fingerprint density at radius 1 is 1.21 bits per heavy atom. The van der Waals surface area contributed by atoms with Crippen LogP contribution in [-0.4, -0.2) is 75.3 Å². The van der Waals surface area contributed by atoms with Crippen molar-refractivity contribution in [3.8, 4) is 0 Å². The first-order valence-corrected chi connectivity index (χ1v) is 9.23. The van der Waals surface area contributed by atoms with Crippen molar-refractivity contribution in [1.82, 2.24) is 10.2 Å². The molecule has 1 saturated heterocycles. The summed E-state index contributed by atoms with van der Waals surface area (Å²) in [6.45, 7) is 3.33. The van der Waals surface area contributed by atoms with Gasteiger partial charge in [0.05, 0.1) is 13.1 Å². The second-order valence-electron chi connectivity index (χ2n) is 6.92. The van der Waals surface area contributed by atoms with E-state index >= 15 is 0 Å². The van der Waals surface area contributed by atoms with Crippen molar-refractivity contribution in [1.29, 1.82) is 0 Å². The number of amides is 4. The minimum Gasteiger partial charge on any atom is -0.480 e. The van der Waals surface area contributed by atoms with Crippen LogP contribution in [0.4, 0.5) is 9.59 Å². The Hall–Kier alpha value is -2.94. The Bertz CT molecular complexity index is 753. The van der Waals surface area contributed by atoms with Gasteiger partial charge in [-0.05, 0) is 26.0 Å². The molecule has 0 saturated carbocycles. The summed E-state index contributed by atoms with van der Waals surface area (Å²) in [4.78, 5) is 50.2. The number of carboxylic acid groups (broad SMARTS) is 2. The molecular formula is C19H26N3O6+. The largest absolute Gasteiger partial charge is 0.523 e. The summed E-state index contributed by atoms with van der Waals surface area (Å²) in [5.74, 6) is -1.87. The molecule has 0 spiro atoms. The molecule has 2 rings (SSSR count). The summed E-state index contributed by atoms with van der Waals surface area (Å²) >= 11 is 0. The third kappa shape index (κ3) is 4.14. The molecule has 1 aliphatic rings. The Balaban J connectivity index is 2.20. The van der Waals surface area contributed by atoms with Crippen LogP contribution < -0.4 is 5.32 Å². The van der Waals surface area contributed by atoms with Gasteiger partial charge < -0.3 is 15.5 Å². The predicted molar refractivity (Wildman–Crippen MR) is 99.8 cm³/mol. The summed E-state index contributed by atoms with van der Waals surface area (Å²) < 4.78 is -0.743. The molecule has 0 radical (unpaired) electrons. The van der Waals surface area contributed by atoms with Gasteiger partial charge in [0.1, 0.15) is 12.1 Å². The van der Waals surface area contributed by atoms with Crippen LogP contribution in [0.5, 0.6) is 0 Å². The van der Waals surface area contributed by atoms with Crippen LogP contribution in [0.1, 0.15) is 37.0 Å². The highest BCUT2D eigenvalue weighted by Gasteiger charge is 2.55. The van der Waals surface area contributed by atoms with Crippen molar-refractivity contribution >= 4 is 24.0 Å². The Labute approximate surface area is 163 Å². The average molecular weight is 392 g/mol. The Morgan fingerprint density at radius 2 is 1.86 bits per heavy atom. The molecule has 1 aromatic rings. The summed E-state index contributed by atoms with van der Waals surface area (Å²) in [7, 11) is 0. The van der Waals surface area contributed by atoms with E-state index in [-0.39, 0.29) is 19.6 Å². The van der Waals surface area contributed by atoms with Gasteiger partial charge in [-0.3, -0.25) is 9.69 Å². The molecular weight excluding hydrogens is 366 g/mol. The molecule has 2 unspecified atom stereocenters. The van der Waals surface area contributed by atoms with Gasteiger partial charge in [-0.25, -0.2) is 9.59 Å². The third-order valence-electron chi connectivity index (χ3n) is 5.26. The Kier molecular flexibility index (Phi) is 6.74. The first kappa shape index (κ1) is 21.4. The number of carboxylic acids is 1. The number of likely N-dealkylation sites (tertiary alicyclic amines) is 1. The van der Waals surface area contributed by atoms with E-state index in [1.807, 2.05) is 0 Å². The molecule has 3 atom stereocenters. The zero-order chi connectivity index (χ0) is 20.9. The molecule has 9 heteroatoms. The molecule has 0 aliphatic carbocycles. The predicted octanol–water partition coefficient (Wildman–Crippen LogP) is 1.99. The number of quaternary nitrogens is 1. The fourth-order valence-corrected chi connectivity index (χ4v) is 3.56. The molecule has 4 amide bonds. The Morgan fingerprint density at radius 3 is 2.32 bits per heavy atom. The highest BCUT2D eigenvalue weighted by molar-refractivity contribution is 5.96. The second-order valence-corrected chi connectivity index (χ2v) is 6.92. The fourth-order valence-electron chi connectivity index (χ4n) is 3.56. The van der Waals surface area contributed by atoms with Crippen molar-refractivity contribution in [2.45, 2.75) is 38.8 Å². The third-order valence-corrected chi connectivity index (χ3v) is 5.26. The monoisotopic (exact) mass is 392 g/mol. The molecule has 1 aliphatic heterocycles. The summed E-state index contributed by atoms with van der Waals surface area (Å²) in [5.41, 5.74) is 0.297. The van der Waals surface area contributed by atoms with E-state index in [0.717, 1.165) is 0 Å². The van der Waals surface area contributed by atoms with Gasteiger partial charge in [-0.1, -0.05) is 18.2 Å². The van der Waals surface area contributed by atoms with E-state index < -0.39 is 40.6 Å². The lowest BCUT2D eigenvalue weighted by Crippen LogP contribution is -2.64. The lowest BCUT2D eigenvalue weighted by molar-refractivity contribution is -0.791. The summed E-state index contributed by atoms with van der Waals surface area (Å²) in [6, 6.07) is 5.73. The van der Waals surface area contributed by atoms with Crippen molar-refractivity contribution < 1.29 is 33.9 Å². The number of urea groups is 1. The number of benzene rings is 1. The van der Waals surface area contributed by atoms with Gasteiger partial charge in [0.25, 0.3) is 5.91 Å². The van der Waals surface area contributed by atoms with E-state index in [0.29, 0.717) is 18.4 Å². The van der Waals surface area contributed by atoms with Crippen LogP contribution >= 0.6 is 0 Å². The summed E-state index contributed by atoms with van der Waals surface area (Å²) in [6.07, 6.45) is -0.0410. The highest BCUT2D eigenvalue weighted by Crippen LogP contribution is 2.29. The van der Waals surface area contributed by atoms with E-state index in [1.165, 1.54) is 4.90 Å². The maximum absolute atomic E-state index is 13.1. The molecule has 0 bridgehead atoms. The minimum absolute atomic E-state index is 0.129. The second kappa shape index (κ2) is 8.83. The first-order chi connectivity index (χ1) is 13.2. The summed E-state index contributed by atoms with van der Waals surface area (Å²) in [5, 5.41) is 21.6. The van der Waals surface area contributed by atoms with Gasteiger partial charge in [0, 0.05) is 24.9 Å². The van der Waals surface area contributed by atoms with E-state index in [9.17, 15) is 29.4 Å². The molecule has 1 heterocycles. The number of carbonyl (C=O) groups is 4. The van der Waals surface area contributed by atoms with E-state index in [4.69, 9.17) is 0 Å². The number of hydrogen-bond donors (Lipinski definition) is 3. The SMILES string of the molecule is CCN(CC(NC(=O)c1ccccc1)C(=O)O)C(=O)[N+]1(C(=O)O)CCC[C@H]1C. The lowest BCUT2D eigenvalue weighted by Gasteiger charge is -2.35. The van der Waals surface area contributed by atoms with Crippen LogP contribution in [0, 0.1) is 0 Å². The van der Waals surface area contributed by atoms with Gasteiger partial charge in [0.15, 0.2) is 0 Å². The number of hydrogen-bond acceptors (Lipinski definition) is 4. The molecule has 3 N–H and O–H groups in total. The van der Waals surface area contributed by atoms with E-state index in [2.05, 4.69) is 5.32 Å². The molecule has 1 fully saturated rings. The standard InChI is InChI=1S/C19H25N3O6/c1-3-21(18(26)22(19(27)28)11-7-8-13(22)2)12-15(17(24)25)20-16(23)14-9-5-4-6-10-14/h4-6,9-10,13,15H,3,7-8,11-12H2,1-2H3,(H2-,20,23,24,25,27,28)/p+1/t13-,15?,22?/m1/s1. The van der Waals surface area contributed by atoms with Gasteiger partial charge in [-0.15, -0.1) is 4.48 Å². The first-order valence-electron chi connectivity index (χ1n) is 9.23. The zero-order valence-electron chi connectivity index (χ0n) is 16.0. The van der Waals surface area contributed by atoms with Crippen LogP contribution in [0.2, 0.25) is 0 Å². The normalized spacial score (nSPS) is 22.3. The number of nitrogens with zero attached hydrogens (tertiary/aromatic N) is 2. The quantitative estimate of drug-likeness (QED) is 0.636. The van der Waals surface area contributed by atoms with Gasteiger partial charge in [-0.2, -0.15) is 4.79 Å². The number of nitrogens with one attached hydrogen (secondary N) is 1. The zero-order valence-corrected chi connectivity index (χ0v) is 16.0. The van der Waals surface area contributed by atoms with Gasteiger partial charge in [0.2, 0.25) is 0 Å². The minimum atomic E-state index is -1.36. The number of aliphatic carboxylic acids is 1. The van der Waals surface area contributed by atoms with Gasteiger partial charge >= 0.3 is 18.1 Å². The molecule has 9 nitrogen and oxygen atoms in total. The molecule has 28 heavy (non-hydrogen) atoms. The maximum atomic E-state index is 13.1. The van der Waals surface area contributed by atoms with Crippen molar-refractivity contribution in [3.63, 3.8) is 0 Å². The molecule has 152 valence electrons. The van der Waals surface area contributed by atoms with Crippen LogP contribution in [0.3, 0.4) is 0 Å². The van der Waals surface area contributed by atoms with Crippen molar-refractivity contribution in [3.05, 3.63) is 35.9 Å². The fraction of sp³-hybridized carbons (Fsp3) is 0.474. The maximum Gasteiger partial charge on any atom is 0.523 e. The number of imide groups is 1. The van der Waals surface area contributed by atoms with E-state index in [1.54, 1.807) is 44.2 Å². The topological polar surface area (TPSA) is 124 Å². The molecule has 1 aromatic carbocycles. The number of carbonyl (C=O) groups excluding carboxylic acids is 2. The van der Waals surface area contributed by atoms with Crippen LogP contribution in [-0.2, 0) is 4.79 Å². The highest BCUT2D eigenvalue weighted by atomic mass is 16.4. The van der Waals surface area contributed by atoms with Crippen LogP contribution in [0.25, 0.3) is 0 Å². The number of rotatable bonds is 6. The van der Waals surface area contributed by atoms with Crippen molar-refractivity contribution in [2.24, 2.45) is 0 Å². The van der Waals surface area contributed by atoms with Crippen molar-refractivity contribution in [2.75, 3.05) is 19.6 Å². The smallest absolute Gasteiger partial charge is 0.480 e. The molecule has 0 aromatic heterocycles. The number of likely N-dealkylation sites (N-methyl/N-ethyl adjacent to an activating group) is 1. The lowest BCUT2D eigenvalue weighted by atomic mass is 10.2. The van der Waals surface area contributed by atoms with Crippen LogP contribution in [0.15, 0.2) is 30.3 Å².